The van der Waals surface area contributed by atoms with Gasteiger partial charge < -0.3 is 15.0 Å². The van der Waals surface area contributed by atoms with Crippen molar-refractivity contribution < 1.29 is 4.74 Å². The van der Waals surface area contributed by atoms with E-state index in [4.69, 9.17) is 4.74 Å². The summed E-state index contributed by atoms with van der Waals surface area (Å²) in [5, 5.41) is 3.43. The van der Waals surface area contributed by atoms with E-state index in [0.717, 1.165) is 32.2 Å². The highest BCUT2D eigenvalue weighted by atomic mass is 16.5. The topological polar surface area (TPSA) is 24.5 Å². The smallest absolute Gasteiger partial charge is 0.0590 e. The fourth-order valence-corrected chi connectivity index (χ4v) is 2.07. The molecule has 0 aromatic rings. The van der Waals surface area contributed by atoms with Crippen molar-refractivity contribution in [2.45, 2.75) is 33.1 Å². The molecule has 1 aliphatic carbocycles. The highest BCUT2D eigenvalue weighted by molar-refractivity contribution is 4.73. The molecule has 1 rings (SSSR count). The minimum Gasteiger partial charge on any atom is -0.380 e. The van der Waals surface area contributed by atoms with Gasteiger partial charge in [0.2, 0.25) is 0 Å². The van der Waals surface area contributed by atoms with E-state index in [0.29, 0.717) is 0 Å². The second-order valence-electron chi connectivity index (χ2n) is 4.64. The molecular weight excluding hydrogens is 200 g/mol. The minimum absolute atomic E-state index is 0.824. The third-order valence-electron chi connectivity index (χ3n) is 3.42. The van der Waals surface area contributed by atoms with Gasteiger partial charge >= 0.3 is 0 Å². The van der Waals surface area contributed by atoms with Crippen LogP contribution in [0.15, 0.2) is 0 Å². The Morgan fingerprint density at radius 3 is 2.62 bits per heavy atom. The van der Waals surface area contributed by atoms with Gasteiger partial charge in [-0.2, -0.15) is 0 Å². The molecule has 0 aromatic carbocycles. The molecule has 0 heterocycles. The van der Waals surface area contributed by atoms with E-state index >= 15 is 0 Å². The molecule has 96 valence electrons. The highest BCUT2D eigenvalue weighted by Crippen LogP contribution is 2.26. The van der Waals surface area contributed by atoms with Crippen molar-refractivity contribution >= 4 is 0 Å². The zero-order valence-corrected chi connectivity index (χ0v) is 11.0. The van der Waals surface area contributed by atoms with E-state index in [1.807, 2.05) is 6.92 Å². The average molecular weight is 228 g/mol. The van der Waals surface area contributed by atoms with Crippen LogP contribution in [0.3, 0.4) is 0 Å². The van der Waals surface area contributed by atoms with Crippen molar-refractivity contribution in [3.63, 3.8) is 0 Å². The molecule has 0 saturated heterocycles. The Balaban J connectivity index is 1.91. The van der Waals surface area contributed by atoms with Crippen molar-refractivity contribution in [3.05, 3.63) is 0 Å². The summed E-state index contributed by atoms with van der Waals surface area (Å²) >= 11 is 0. The first-order valence-corrected chi connectivity index (χ1v) is 6.87. The number of likely N-dealkylation sites (N-methyl/N-ethyl adjacent to an activating group) is 1. The van der Waals surface area contributed by atoms with E-state index in [1.165, 1.54) is 38.9 Å². The fraction of sp³-hybridized carbons (Fsp3) is 1.00. The number of ether oxygens (including phenoxy) is 1. The maximum absolute atomic E-state index is 5.28. The lowest BCUT2D eigenvalue weighted by Crippen LogP contribution is -2.37. The standard InChI is InChI=1S/C13H28N2O/c1-3-15(12-13-6-5-7-13)10-8-14-9-11-16-4-2/h13-14H,3-12H2,1-2H3. The van der Waals surface area contributed by atoms with Crippen LogP contribution in [0, 0.1) is 5.92 Å². The maximum atomic E-state index is 5.28. The molecule has 0 radical (unpaired) electrons. The third kappa shape index (κ3) is 5.83. The molecular formula is C13H28N2O. The molecule has 0 atom stereocenters. The second kappa shape index (κ2) is 8.97. The molecule has 0 spiro atoms. The average Bonchev–Trinajstić information content (AvgIpc) is 2.25. The Morgan fingerprint density at radius 2 is 2.06 bits per heavy atom. The van der Waals surface area contributed by atoms with E-state index in [1.54, 1.807) is 0 Å². The van der Waals surface area contributed by atoms with Crippen LogP contribution in [0.25, 0.3) is 0 Å². The van der Waals surface area contributed by atoms with E-state index in [2.05, 4.69) is 17.1 Å². The number of nitrogens with one attached hydrogen (secondary N) is 1. The molecule has 1 N–H and O–H groups in total. The quantitative estimate of drug-likeness (QED) is 0.576. The zero-order valence-electron chi connectivity index (χ0n) is 11.0. The van der Waals surface area contributed by atoms with E-state index < -0.39 is 0 Å². The van der Waals surface area contributed by atoms with E-state index in [9.17, 15) is 0 Å². The number of hydrogen-bond donors (Lipinski definition) is 1. The Morgan fingerprint density at radius 1 is 1.25 bits per heavy atom. The summed E-state index contributed by atoms with van der Waals surface area (Å²) in [5.74, 6) is 0.989. The Labute approximate surface area is 101 Å². The SMILES string of the molecule is CCOCCNCCN(CC)CC1CCC1. The van der Waals surface area contributed by atoms with Gasteiger partial charge in [0.15, 0.2) is 0 Å². The van der Waals surface area contributed by atoms with Gasteiger partial charge in [0.1, 0.15) is 0 Å². The number of hydrogen-bond acceptors (Lipinski definition) is 3. The van der Waals surface area contributed by atoms with Crippen LogP contribution in [0.4, 0.5) is 0 Å². The van der Waals surface area contributed by atoms with Crippen LogP contribution in [0.2, 0.25) is 0 Å². The van der Waals surface area contributed by atoms with Crippen LogP contribution < -0.4 is 5.32 Å². The predicted octanol–water partition coefficient (Wildman–Crippen LogP) is 1.73. The Bertz CT molecular complexity index is 160. The van der Waals surface area contributed by atoms with Crippen molar-refractivity contribution in [1.29, 1.82) is 0 Å². The van der Waals surface area contributed by atoms with Gasteiger partial charge in [0.25, 0.3) is 0 Å². The lowest BCUT2D eigenvalue weighted by atomic mass is 9.85. The third-order valence-corrected chi connectivity index (χ3v) is 3.42. The molecule has 3 nitrogen and oxygen atoms in total. The Kier molecular flexibility index (Phi) is 7.81. The summed E-state index contributed by atoms with van der Waals surface area (Å²) in [5.41, 5.74) is 0. The van der Waals surface area contributed by atoms with Crippen molar-refractivity contribution in [3.8, 4) is 0 Å². The number of nitrogens with zero attached hydrogens (tertiary/aromatic N) is 1. The highest BCUT2D eigenvalue weighted by Gasteiger charge is 2.19. The first-order valence-electron chi connectivity index (χ1n) is 6.87. The molecule has 1 fully saturated rings. The van der Waals surface area contributed by atoms with Crippen molar-refractivity contribution in [2.75, 3.05) is 45.9 Å². The van der Waals surface area contributed by atoms with Crippen LogP contribution in [-0.4, -0.2) is 50.8 Å². The van der Waals surface area contributed by atoms with Crippen LogP contribution in [-0.2, 0) is 4.74 Å². The van der Waals surface area contributed by atoms with Gasteiger partial charge in [-0.3, -0.25) is 0 Å². The van der Waals surface area contributed by atoms with Crippen LogP contribution >= 0.6 is 0 Å². The Hall–Kier alpha value is -0.120. The largest absolute Gasteiger partial charge is 0.380 e. The van der Waals surface area contributed by atoms with E-state index in [-0.39, 0.29) is 0 Å². The molecule has 0 aromatic heterocycles. The summed E-state index contributed by atoms with van der Waals surface area (Å²) in [6.45, 7) is 11.7. The lowest BCUT2D eigenvalue weighted by Gasteiger charge is -2.31. The summed E-state index contributed by atoms with van der Waals surface area (Å²) in [4.78, 5) is 2.57. The summed E-state index contributed by atoms with van der Waals surface area (Å²) in [7, 11) is 0. The van der Waals surface area contributed by atoms with Gasteiger partial charge in [-0.25, -0.2) is 0 Å². The molecule has 1 aliphatic rings. The van der Waals surface area contributed by atoms with Crippen LogP contribution in [0.5, 0.6) is 0 Å². The van der Waals surface area contributed by atoms with Gasteiger partial charge in [-0.1, -0.05) is 13.3 Å². The molecule has 0 unspecified atom stereocenters. The summed E-state index contributed by atoms with van der Waals surface area (Å²) in [6.07, 6.45) is 4.36. The second-order valence-corrected chi connectivity index (χ2v) is 4.64. The molecule has 0 amide bonds. The maximum Gasteiger partial charge on any atom is 0.0590 e. The monoisotopic (exact) mass is 228 g/mol. The first-order chi connectivity index (χ1) is 7.86. The predicted molar refractivity (Wildman–Crippen MR) is 68.8 cm³/mol. The minimum atomic E-state index is 0.824. The summed E-state index contributed by atoms with van der Waals surface area (Å²) in [6, 6.07) is 0. The lowest BCUT2D eigenvalue weighted by molar-refractivity contribution is 0.146. The molecule has 1 saturated carbocycles. The van der Waals surface area contributed by atoms with Gasteiger partial charge in [0.05, 0.1) is 6.61 Å². The zero-order chi connectivity index (χ0) is 11.6. The molecule has 16 heavy (non-hydrogen) atoms. The summed E-state index contributed by atoms with van der Waals surface area (Å²) < 4.78 is 5.28. The fourth-order valence-electron chi connectivity index (χ4n) is 2.07. The number of rotatable bonds is 10. The van der Waals surface area contributed by atoms with Gasteiger partial charge in [0, 0.05) is 32.8 Å². The van der Waals surface area contributed by atoms with Gasteiger partial charge in [-0.15, -0.1) is 0 Å². The molecule has 0 bridgehead atoms. The first kappa shape index (κ1) is 13.9. The van der Waals surface area contributed by atoms with Crippen LogP contribution in [0.1, 0.15) is 33.1 Å². The molecule has 0 aliphatic heterocycles. The van der Waals surface area contributed by atoms with Gasteiger partial charge in [-0.05, 0) is 32.2 Å². The van der Waals surface area contributed by atoms with Crippen molar-refractivity contribution in [1.82, 2.24) is 10.2 Å². The van der Waals surface area contributed by atoms with Crippen molar-refractivity contribution in [2.24, 2.45) is 5.92 Å². The normalized spacial score (nSPS) is 16.7. The molecule has 3 heteroatoms.